The summed E-state index contributed by atoms with van der Waals surface area (Å²) in [5.41, 5.74) is 0.842. The molecular weight excluding hydrogens is 194 g/mol. The van der Waals surface area contributed by atoms with Crippen molar-refractivity contribution >= 4 is 5.97 Å². The summed E-state index contributed by atoms with van der Waals surface area (Å²) in [5.74, 6) is -0.759. The molecule has 15 heavy (non-hydrogen) atoms. The SMILES string of the molecule is C=CN[C@@H](Cc1ccc(O)cc1)C(=O)O. The number of carbonyl (C=O) groups is 1. The molecule has 4 heteroatoms. The molecular formula is C11H13NO3. The second-order valence-electron chi connectivity index (χ2n) is 3.13. The third-order valence-corrected chi connectivity index (χ3v) is 1.99. The van der Waals surface area contributed by atoms with Crippen molar-refractivity contribution in [2.24, 2.45) is 0 Å². The number of hydrogen-bond acceptors (Lipinski definition) is 3. The summed E-state index contributed by atoms with van der Waals surface area (Å²) < 4.78 is 0. The molecule has 0 unspecified atom stereocenters. The minimum Gasteiger partial charge on any atom is -0.508 e. The van der Waals surface area contributed by atoms with Gasteiger partial charge in [0.1, 0.15) is 11.8 Å². The second-order valence-corrected chi connectivity index (χ2v) is 3.13. The van der Waals surface area contributed by atoms with E-state index < -0.39 is 12.0 Å². The first-order chi connectivity index (χ1) is 7.13. The Morgan fingerprint density at radius 3 is 2.53 bits per heavy atom. The Kier molecular flexibility index (Phi) is 3.74. The van der Waals surface area contributed by atoms with Gasteiger partial charge in [-0.25, -0.2) is 4.79 Å². The highest BCUT2D eigenvalue weighted by atomic mass is 16.4. The maximum Gasteiger partial charge on any atom is 0.326 e. The summed E-state index contributed by atoms with van der Waals surface area (Å²) in [7, 11) is 0. The minimum atomic E-state index is -0.928. The Morgan fingerprint density at radius 1 is 1.47 bits per heavy atom. The van der Waals surface area contributed by atoms with Gasteiger partial charge < -0.3 is 15.5 Å². The van der Waals surface area contributed by atoms with E-state index in [1.807, 2.05) is 0 Å². The van der Waals surface area contributed by atoms with Crippen LogP contribution in [0.4, 0.5) is 0 Å². The topological polar surface area (TPSA) is 69.6 Å². The van der Waals surface area contributed by atoms with Crippen molar-refractivity contribution in [3.05, 3.63) is 42.6 Å². The molecule has 1 rings (SSSR count). The maximum absolute atomic E-state index is 10.8. The lowest BCUT2D eigenvalue weighted by Crippen LogP contribution is -2.34. The highest BCUT2D eigenvalue weighted by Gasteiger charge is 2.15. The molecule has 3 N–H and O–H groups in total. The summed E-state index contributed by atoms with van der Waals surface area (Å²) in [6.07, 6.45) is 1.71. The third kappa shape index (κ3) is 3.34. The van der Waals surface area contributed by atoms with Crippen molar-refractivity contribution < 1.29 is 15.0 Å². The van der Waals surface area contributed by atoms with Crippen LogP contribution in [-0.4, -0.2) is 22.2 Å². The van der Waals surface area contributed by atoms with Gasteiger partial charge in [-0.3, -0.25) is 0 Å². The second kappa shape index (κ2) is 5.05. The number of benzene rings is 1. The Balaban J connectivity index is 2.69. The Hall–Kier alpha value is -1.97. The molecule has 1 aromatic carbocycles. The maximum atomic E-state index is 10.8. The highest BCUT2D eigenvalue weighted by molar-refractivity contribution is 5.74. The standard InChI is InChI=1S/C11H13NO3/c1-2-12-10(11(14)15)7-8-3-5-9(13)6-4-8/h2-6,10,12-13H,1,7H2,(H,14,15)/t10-/m0/s1. The molecule has 0 bridgehead atoms. The average molecular weight is 207 g/mol. The van der Waals surface area contributed by atoms with Gasteiger partial charge in [0, 0.05) is 6.42 Å². The van der Waals surface area contributed by atoms with Crippen LogP contribution < -0.4 is 5.32 Å². The lowest BCUT2D eigenvalue weighted by Gasteiger charge is -2.12. The monoisotopic (exact) mass is 207 g/mol. The van der Waals surface area contributed by atoms with E-state index in [2.05, 4.69) is 11.9 Å². The van der Waals surface area contributed by atoms with Crippen molar-refractivity contribution in [3.63, 3.8) is 0 Å². The smallest absolute Gasteiger partial charge is 0.326 e. The number of rotatable bonds is 5. The molecule has 0 fully saturated rings. The highest BCUT2D eigenvalue weighted by Crippen LogP contribution is 2.11. The van der Waals surface area contributed by atoms with Crippen LogP contribution in [0.5, 0.6) is 5.75 Å². The van der Waals surface area contributed by atoms with Gasteiger partial charge >= 0.3 is 5.97 Å². The molecule has 1 aromatic rings. The van der Waals surface area contributed by atoms with Gasteiger partial charge in [-0.05, 0) is 23.9 Å². The lowest BCUT2D eigenvalue weighted by atomic mass is 10.1. The quantitative estimate of drug-likeness (QED) is 0.676. The first-order valence-corrected chi connectivity index (χ1v) is 4.51. The molecule has 0 spiro atoms. The Bertz CT molecular complexity index is 345. The summed E-state index contributed by atoms with van der Waals surface area (Å²) in [5, 5.41) is 20.6. The minimum absolute atomic E-state index is 0.169. The van der Waals surface area contributed by atoms with E-state index in [0.29, 0.717) is 6.42 Å². The third-order valence-electron chi connectivity index (χ3n) is 1.99. The first kappa shape index (κ1) is 11.1. The molecule has 0 amide bonds. The zero-order chi connectivity index (χ0) is 11.3. The lowest BCUT2D eigenvalue weighted by molar-refractivity contribution is -0.139. The van der Waals surface area contributed by atoms with Gasteiger partial charge in [-0.2, -0.15) is 0 Å². The number of aromatic hydroxyl groups is 1. The van der Waals surface area contributed by atoms with E-state index in [4.69, 9.17) is 10.2 Å². The van der Waals surface area contributed by atoms with Gasteiger partial charge in [0.25, 0.3) is 0 Å². The number of phenols is 1. The summed E-state index contributed by atoms with van der Waals surface area (Å²) in [6, 6.07) is 5.75. The van der Waals surface area contributed by atoms with Crippen LogP contribution in [0.3, 0.4) is 0 Å². The zero-order valence-electron chi connectivity index (χ0n) is 8.18. The fourth-order valence-electron chi connectivity index (χ4n) is 1.23. The molecule has 1 atom stereocenters. The predicted octanol–water partition coefficient (Wildman–Crippen LogP) is 1.12. The number of nitrogens with one attached hydrogen (secondary N) is 1. The molecule has 0 heterocycles. The fourth-order valence-corrected chi connectivity index (χ4v) is 1.23. The Morgan fingerprint density at radius 2 is 2.07 bits per heavy atom. The van der Waals surface area contributed by atoms with Gasteiger partial charge in [0.2, 0.25) is 0 Å². The van der Waals surface area contributed by atoms with Crippen molar-refractivity contribution in [1.82, 2.24) is 5.32 Å². The van der Waals surface area contributed by atoms with Crippen molar-refractivity contribution in [2.45, 2.75) is 12.5 Å². The van der Waals surface area contributed by atoms with Crippen LogP contribution in [0.2, 0.25) is 0 Å². The van der Waals surface area contributed by atoms with Crippen LogP contribution in [0, 0.1) is 0 Å². The molecule has 0 aliphatic carbocycles. The number of aliphatic carboxylic acids is 1. The summed E-state index contributed by atoms with van der Waals surface area (Å²) >= 11 is 0. The summed E-state index contributed by atoms with van der Waals surface area (Å²) in [4.78, 5) is 10.8. The predicted molar refractivity (Wildman–Crippen MR) is 56.6 cm³/mol. The largest absolute Gasteiger partial charge is 0.508 e. The van der Waals surface area contributed by atoms with Crippen LogP contribution in [-0.2, 0) is 11.2 Å². The van der Waals surface area contributed by atoms with E-state index in [1.165, 1.54) is 18.3 Å². The molecule has 0 aliphatic heterocycles. The van der Waals surface area contributed by atoms with Crippen LogP contribution in [0.25, 0.3) is 0 Å². The normalized spacial score (nSPS) is 11.7. The molecule has 4 nitrogen and oxygen atoms in total. The molecule has 0 radical (unpaired) electrons. The van der Waals surface area contributed by atoms with Gasteiger partial charge in [0.15, 0.2) is 0 Å². The molecule has 0 saturated carbocycles. The Labute approximate surface area is 87.9 Å². The van der Waals surface area contributed by atoms with E-state index in [0.717, 1.165) is 5.56 Å². The van der Waals surface area contributed by atoms with E-state index >= 15 is 0 Å². The molecule has 80 valence electrons. The van der Waals surface area contributed by atoms with E-state index in [1.54, 1.807) is 12.1 Å². The van der Waals surface area contributed by atoms with Crippen LogP contribution in [0.1, 0.15) is 5.56 Å². The molecule has 0 saturated heterocycles. The van der Waals surface area contributed by atoms with Crippen molar-refractivity contribution in [2.75, 3.05) is 0 Å². The molecule has 0 aliphatic rings. The van der Waals surface area contributed by atoms with Gasteiger partial charge in [-0.1, -0.05) is 18.7 Å². The molecule has 0 aromatic heterocycles. The fraction of sp³-hybridized carbons (Fsp3) is 0.182. The number of phenolic OH excluding ortho intramolecular Hbond substituents is 1. The van der Waals surface area contributed by atoms with Crippen LogP contribution >= 0.6 is 0 Å². The number of carboxylic acid groups (broad SMARTS) is 1. The van der Waals surface area contributed by atoms with Gasteiger partial charge in [-0.15, -0.1) is 0 Å². The first-order valence-electron chi connectivity index (χ1n) is 4.51. The van der Waals surface area contributed by atoms with E-state index in [9.17, 15) is 4.79 Å². The number of carboxylic acids is 1. The van der Waals surface area contributed by atoms with Gasteiger partial charge in [0.05, 0.1) is 0 Å². The van der Waals surface area contributed by atoms with Crippen LogP contribution in [0.15, 0.2) is 37.0 Å². The van der Waals surface area contributed by atoms with Crippen molar-refractivity contribution in [3.8, 4) is 5.75 Å². The average Bonchev–Trinajstić information content (AvgIpc) is 2.20. The number of hydrogen-bond donors (Lipinski definition) is 3. The van der Waals surface area contributed by atoms with E-state index in [-0.39, 0.29) is 5.75 Å². The van der Waals surface area contributed by atoms with Crippen molar-refractivity contribution in [1.29, 1.82) is 0 Å². The summed E-state index contributed by atoms with van der Waals surface area (Å²) in [6.45, 7) is 3.42. The zero-order valence-corrected chi connectivity index (χ0v) is 8.18.